The number of aryl methyl sites for hydroxylation is 1. The van der Waals surface area contributed by atoms with Crippen molar-refractivity contribution in [3.8, 4) is 5.75 Å². The Bertz CT molecular complexity index is 1040. The predicted molar refractivity (Wildman–Crippen MR) is 99.8 cm³/mol. The summed E-state index contributed by atoms with van der Waals surface area (Å²) >= 11 is 0. The molecule has 28 heavy (non-hydrogen) atoms. The topological polar surface area (TPSA) is 92.8 Å². The molecule has 2 aromatic carbocycles. The number of amides is 2. The highest BCUT2D eigenvalue weighted by Gasteiger charge is 2.44. The molecule has 1 N–H and O–H groups in total. The molecule has 1 heterocycles. The number of nitrogens with one attached hydrogen (secondary N) is 1. The lowest BCUT2D eigenvalue weighted by atomic mass is 10.2. The van der Waals surface area contributed by atoms with Crippen LogP contribution in [-0.4, -0.2) is 37.7 Å². The molecule has 1 aliphatic heterocycles. The van der Waals surface area contributed by atoms with Crippen LogP contribution in [0.5, 0.6) is 5.75 Å². The minimum Gasteiger partial charge on any atom is -0.496 e. The molecule has 1 fully saturated rings. The molecule has 9 heteroatoms. The molecule has 0 bridgehead atoms. The Balaban J connectivity index is 1.92. The molecule has 0 unspecified atom stereocenters. The monoisotopic (exact) mass is 406 g/mol. The molecule has 2 amide bonds. The summed E-state index contributed by atoms with van der Waals surface area (Å²) in [5.74, 6) is -1.59. The van der Waals surface area contributed by atoms with Crippen LogP contribution in [0, 0.1) is 12.7 Å². The van der Waals surface area contributed by atoms with Gasteiger partial charge in [-0.1, -0.05) is 12.1 Å². The van der Waals surface area contributed by atoms with E-state index >= 15 is 0 Å². The highest BCUT2D eigenvalue weighted by molar-refractivity contribution is 7.89. The first-order valence-electron chi connectivity index (χ1n) is 8.53. The van der Waals surface area contributed by atoms with E-state index in [-0.39, 0.29) is 23.4 Å². The van der Waals surface area contributed by atoms with E-state index in [1.165, 1.54) is 49.6 Å². The molecule has 2 aromatic rings. The van der Waals surface area contributed by atoms with E-state index in [1.807, 2.05) is 0 Å². The van der Waals surface area contributed by atoms with Gasteiger partial charge in [0.1, 0.15) is 17.6 Å². The van der Waals surface area contributed by atoms with Crippen LogP contribution in [0.15, 0.2) is 47.4 Å². The molecule has 0 aromatic heterocycles. The van der Waals surface area contributed by atoms with Crippen LogP contribution in [0.1, 0.15) is 18.4 Å². The highest BCUT2D eigenvalue weighted by atomic mass is 32.2. The number of methoxy groups -OCH3 is 1. The molecular formula is C19H19FN2O5S. The Kier molecular flexibility index (Phi) is 5.37. The van der Waals surface area contributed by atoms with Gasteiger partial charge in [-0.05, 0) is 49.2 Å². The Morgan fingerprint density at radius 2 is 1.96 bits per heavy atom. The number of hydrogen-bond acceptors (Lipinski definition) is 5. The van der Waals surface area contributed by atoms with Crippen LogP contribution in [-0.2, 0) is 19.6 Å². The summed E-state index contributed by atoms with van der Waals surface area (Å²) in [6.45, 7) is 1.67. The van der Waals surface area contributed by atoms with Crippen LogP contribution >= 0.6 is 0 Å². The maximum atomic E-state index is 13.8. The van der Waals surface area contributed by atoms with Crippen molar-refractivity contribution >= 4 is 27.5 Å². The zero-order valence-electron chi connectivity index (χ0n) is 15.3. The molecule has 0 spiro atoms. The summed E-state index contributed by atoms with van der Waals surface area (Å²) in [6, 6.07) is 8.46. The molecule has 148 valence electrons. The van der Waals surface area contributed by atoms with Crippen LogP contribution in [0.25, 0.3) is 0 Å². The molecule has 0 aliphatic carbocycles. The predicted octanol–water partition coefficient (Wildman–Crippen LogP) is 2.46. The maximum Gasteiger partial charge on any atom is 0.267 e. The van der Waals surface area contributed by atoms with Gasteiger partial charge in [-0.3, -0.25) is 9.59 Å². The van der Waals surface area contributed by atoms with Crippen LogP contribution in [0.3, 0.4) is 0 Å². The summed E-state index contributed by atoms with van der Waals surface area (Å²) in [5.41, 5.74) is 0.493. The highest BCUT2D eigenvalue weighted by Crippen LogP contribution is 2.30. The fourth-order valence-corrected chi connectivity index (χ4v) is 4.79. The number of hydrogen-bond donors (Lipinski definition) is 1. The van der Waals surface area contributed by atoms with Gasteiger partial charge in [0.2, 0.25) is 11.8 Å². The Hall–Kier alpha value is -2.94. The third-order valence-electron chi connectivity index (χ3n) is 4.52. The van der Waals surface area contributed by atoms with Crippen LogP contribution in [0.2, 0.25) is 0 Å². The SMILES string of the molecule is COc1ccc(S(=O)(=O)N2C(=O)CC[C@@H]2C(=O)Nc2ccccc2F)cc1C. The minimum atomic E-state index is -4.26. The van der Waals surface area contributed by atoms with Crippen molar-refractivity contribution < 1.29 is 27.1 Å². The van der Waals surface area contributed by atoms with Crippen molar-refractivity contribution in [2.75, 3.05) is 12.4 Å². The van der Waals surface area contributed by atoms with Gasteiger partial charge in [0.15, 0.2) is 0 Å². The molecule has 1 aliphatic rings. The van der Waals surface area contributed by atoms with Gasteiger partial charge in [0.05, 0.1) is 17.7 Å². The summed E-state index contributed by atoms with van der Waals surface area (Å²) in [4.78, 5) is 24.8. The second-order valence-electron chi connectivity index (χ2n) is 6.35. The smallest absolute Gasteiger partial charge is 0.267 e. The lowest BCUT2D eigenvalue weighted by Gasteiger charge is -2.24. The van der Waals surface area contributed by atoms with Gasteiger partial charge in [-0.15, -0.1) is 0 Å². The van der Waals surface area contributed by atoms with Gasteiger partial charge in [-0.2, -0.15) is 0 Å². The summed E-state index contributed by atoms with van der Waals surface area (Å²) in [6.07, 6.45) is -0.0722. The average molecular weight is 406 g/mol. The van der Waals surface area contributed by atoms with Gasteiger partial charge in [0.25, 0.3) is 10.0 Å². The zero-order valence-corrected chi connectivity index (χ0v) is 16.1. The van der Waals surface area contributed by atoms with E-state index in [2.05, 4.69) is 5.32 Å². The van der Waals surface area contributed by atoms with E-state index in [0.717, 1.165) is 0 Å². The lowest BCUT2D eigenvalue weighted by molar-refractivity contribution is -0.128. The molecule has 0 saturated carbocycles. The van der Waals surface area contributed by atoms with E-state index in [9.17, 15) is 22.4 Å². The molecular weight excluding hydrogens is 387 g/mol. The number of carbonyl (C=O) groups is 2. The van der Waals surface area contributed by atoms with Gasteiger partial charge in [0, 0.05) is 6.42 Å². The summed E-state index contributed by atoms with van der Waals surface area (Å²) in [7, 11) is -2.80. The van der Waals surface area contributed by atoms with Gasteiger partial charge < -0.3 is 10.1 Å². The fourth-order valence-electron chi connectivity index (χ4n) is 3.10. The van der Waals surface area contributed by atoms with Crippen molar-refractivity contribution in [1.82, 2.24) is 4.31 Å². The normalized spacial score (nSPS) is 16.9. The lowest BCUT2D eigenvalue weighted by Crippen LogP contribution is -2.45. The van der Waals surface area contributed by atoms with Crippen molar-refractivity contribution in [3.63, 3.8) is 0 Å². The van der Waals surface area contributed by atoms with Gasteiger partial charge in [-0.25, -0.2) is 17.1 Å². The molecule has 1 saturated heterocycles. The molecule has 1 atom stereocenters. The quantitative estimate of drug-likeness (QED) is 0.823. The standard InChI is InChI=1S/C19H19FN2O5S/c1-12-11-13(7-9-17(12)27-2)28(25,26)22-16(8-10-18(22)23)19(24)21-15-6-4-3-5-14(15)20/h3-7,9,11,16H,8,10H2,1-2H3,(H,21,24)/t16-/m1/s1. The summed E-state index contributed by atoms with van der Waals surface area (Å²) in [5, 5.41) is 2.36. The van der Waals surface area contributed by atoms with Crippen molar-refractivity contribution in [2.45, 2.75) is 30.7 Å². The molecule has 7 nitrogen and oxygen atoms in total. The van der Waals surface area contributed by atoms with E-state index in [1.54, 1.807) is 6.92 Å². The van der Waals surface area contributed by atoms with Gasteiger partial charge >= 0.3 is 0 Å². The Morgan fingerprint density at radius 3 is 2.61 bits per heavy atom. The number of sulfonamides is 1. The average Bonchev–Trinajstić information content (AvgIpc) is 3.06. The second-order valence-corrected chi connectivity index (χ2v) is 8.16. The largest absolute Gasteiger partial charge is 0.496 e. The zero-order chi connectivity index (χ0) is 20.5. The van der Waals surface area contributed by atoms with E-state index in [0.29, 0.717) is 15.6 Å². The van der Waals surface area contributed by atoms with E-state index in [4.69, 9.17) is 4.74 Å². The number of benzene rings is 2. The number of para-hydroxylation sites is 1. The number of ether oxygens (including phenoxy) is 1. The molecule has 0 radical (unpaired) electrons. The molecule has 3 rings (SSSR count). The fraction of sp³-hybridized carbons (Fsp3) is 0.263. The third-order valence-corrected chi connectivity index (χ3v) is 6.34. The number of rotatable bonds is 5. The number of halogens is 1. The maximum absolute atomic E-state index is 13.8. The van der Waals surface area contributed by atoms with Crippen LogP contribution < -0.4 is 10.1 Å². The minimum absolute atomic E-state index is 0.0213. The first kappa shape index (κ1) is 19.8. The first-order valence-corrected chi connectivity index (χ1v) is 9.97. The van der Waals surface area contributed by atoms with Crippen molar-refractivity contribution in [3.05, 3.63) is 53.8 Å². The van der Waals surface area contributed by atoms with Crippen molar-refractivity contribution in [2.24, 2.45) is 0 Å². The Labute approximate surface area is 162 Å². The third kappa shape index (κ3) is 3.57. The van der Waals surface area contributed by atoms with E-state index < -0.39 is 33.7 Å². The van der Waals surface area contributed by atoms with Crippen molar-refractivity contribution in [1.29, 1.82) is 0 Å². The Morgan fingerprint density at radius 1 is 1.25 bits per heavy atom. The first-order chi connectivity index (χ1) is 13.3. The number of anilines is 1. The number of carbonyl (C=O) groups excluding carboxylic acids is 2. The second kappa shape index (κ2) is 7.59. The summed E-state index contributed by atoms with van der Waals surface area (Å²) < 4.78 is 45.6. The van der Waals surface area contributed by atoms with Crippen LogP contribution in [0.4, 0.5) is 10.1 Å². The number of nitrogens with zero attached hydrogens (tertiary/aromatic N) is 1.